The van der Waals surface area contributed by atoms with Crippen molar-refractivity contribution in [3.8, 4) is 6.07 Å². The molecule has 0 radical (unpaired) electrons. The van der Waals surface area contributed by atoms with Gasteiger partial charge in [-0.1, -0.05) is 53.5 Å². The van der Waals surface area contributed by atoms with Crippen LogP contribution in [0.5, 0.6) is 0 Å². The van der Waals surface area contributed by atoms with E-state index in [0.29, 0.717) is 35.1 Å². The lowest BCUT2D eigenvalue weighted by molar-refractivity contribution is 0.0714. The van der Waals surface area contributed by atoms with Gasteiger partial charge in [0, 0.05) is 31.2 Å². The second-order valence-corrected chi connectivity index (χ2v) is 11.2. The lowest BCUT2D eigenvalue weighted by Gasteiger charge is -2.44. The number of hydrogen-bond donors (Lipinski definition) is 2. The molecule has 0 unspecified atom stereocenters. The molecule has 1 fully saturated rings. The Bertz CT molecular complexity index is 1230. The zero-order valence-electron chi connectivity index (χ0n) is 21.2. The fraction of sp³-hybridized carbons (Fsp3) is 0.367. The number of anilines is 1. The van der Waals surface area contributed by atoms with Gasteiger partial charge in [0.25, 0.3) is 0 Å². The number of halogens is 2. The highest BCUT2D eigenvalue weighted by Crippen LogP contribution is 2.37. The first kappa shape index (κ1) is 27.4. The molecule has 0 bridgehead atoms. The maximum atomic E-state index is 10.9. The summed E-state index contributed by atoms with van der Waals surface area (Å²) in [7, 11) is 0. The van der Waals surface area contributed by atoms with Crippen molar-refractivity contribution in [3.63, 3.8) is 0 Å². The van der Waals surface area contributed by atoms with E-state index in [2.05, 4.69) is 28.0 Å². The summed E-state index contributed by atoms with van der Waals surface area (Å²) in [5.41, 5.74) is 3.86. The first-order valence-corrected chi connectivity index (χ1v) is 13.3. The number of benzene rings is 3. The number of aryl methyl sites for hydroxylation is 1. The van der Waals surface area contributed by atoms with Gasteiger partial charge in [0.2, 0.25) is 0 Å². The first-order valence-electron chi connectivity index (χ1n) is 12.6. The molecular weight excluding hydrogens is 505 g/mol. The van der Waals surface area contributed by atoms with E-state index in [1.165, 1.54) is 0 Å². The number of aliphatic hydroxyl groups excluding tert-OH is 1. The molecule has 5 nitrogen and oxygen atoms in total. The van der Waals surface area contributed by atoms with Crippen LogP contribution in [0.2, 0.25) is 10.0 Å². The third kappa shape index (κ3) is 7.25. The van der Waals surface area contributed by atoms with Crippen molar-refractivity contribution in [1.82, 2.24) is 4.90 Å². The summed E-state index contributed by atoms with van der Waals surface area (Å²) in [6.45, 7) is 6.36. The Balaban J connectivity index is 1.54. The topological polar surface area (TPSA) is 70.7 Å². The van der Waals surface area contributed by atoms with E-state index in [-0.39, 0.29) is 6.04 Å². The molecule has 194 valence electrons. The van der Waals surface area contributed by atoms with E-state index in [4.69, 9.17) is 28.5 Å². The number of hydrogen-bond acceptors (Lipinski definition) is 5. The quantitative estimate of drug-likeness (QED) is 0.359. The van der Waals surface area contributed by atoms with Gasteiger partial charge in [0.15, 0.2) is 0 Å². The third-order valence-corrected chi connectivity index (χ3v) is 7.48. The van der Waals surface area contributed by atoms with Crippen LogP contribution in [0.15, 0.2) is 66.7 Å². The summed E-state index contributed by atoms with van der Waals surface area (Å²) >= 11 is 13.0. The lowest BCUT2D eigenvalue weighted by Crippen LogP contribution is -2.49. The molecule has 0 amide bonds. The van der Waals surface area contributed by atoms with Crippen LogP contribution in [-0.4, -0.2) is 46.9 Å². The van der Waals surface area contributed by atoms with E-state index < -0.39 is 11.7 Å². The van der Waals surface area contributed by atoms with Gasteiger partial charge in [-0.25, -0.2) is 0 Å². The molecule has 37 heavy (non-hydrogen) atoms. The Morgan fingerprint density at radius 2 is 1.73 bits per heavy atom. The highest BCUT2D eigenvalue weighted by atomic mass is 35.5. The Morgan fingerprint density at radius 1 is 1.03 bits per heavy atom. The molecule has 0 saturated carbocycles. The van der Waals surface area contributed by atoms with E-state index in [1.54, 1.807) is 12.1 Å². The molecule has 0 aromatic heterocycles. The van der Waals surface area contributed by atoms with Crippen LogP contribution in [0.4, 0.5) is 5.69 Å². The van der Waals surface area contributed by atoms with Crippen LogP contribution >= 0.6 is 23.2 Å². The van der Waals surface area contributed by atoms with Gasteiger partial charge in [-0.15, -0.1) is 0 Å². The van der Waals surface area contributed by atoms with Crippen LogP contribution in [0.25, 0.3) is 0 Å². The first-order chi connectivity index (χ1) is 17.6. The molecular formula is C30H33Cl2N3O2. The average molecular weight is 539 g/mol. The molecule has 2 atom stereocenters. The summed E-state index contributed by atoms with van der Waals surface area (Å²) in [5.74, 6) is 0. The number of β-amino-alcohol motifs (C(OH)–C–C–N with tert-alkyl or cyclic N) is 1. The van der Waals surface area contributed by atoms with Crippen molar-refractivity contribution in [2.75, 3.05) is 31.1 Å². The molecule has 0 spiro atoms. The highest BCUT2D eigenvalue weighted by Gasteiger charge is 2.31. The summed E-state index contributed by atoms with van der Waals surface area (Å²) in [6, 6.07) is 23.3. The Kier molecular flexibility index (Phi) is 8.79. The lowest BCUT2D eigenvalue weighted by atomic mass is 9.97. The zero-order chi connectivity index (χ0) is 26.6. The second-order valence-electron chi connectivity index (χ2n) is 10.4. The molecule has 1 saturated heterocycles. The van der Waals surface area contributed by atoms with E-state index >= 15 is 0 Å². The molecule has 3 aromatic rings. The molecule has 0 aliphatic carbocycles. The number of piperazine rings is 1. The van der Waals surface area contributed by atoms with Crippen molar-refractivity contribution in [2.24, 2.45) is 0 Å². The highest BCUT2D eigenvalue weighted by molar-refractivity contribution is 6.33. The van der Waals surface area contributed by atoms with Gasteiger partial charge in [-0.3, -0.25) is 4.90 Å². The summed E-state index contributed by atoms with van der Waals surface area (Å²) < 4.78 is 0. The SMILES string of the molecule is CC(C)(O)CCc1ccc(N2CCN(C[C@@H](O)c3ccc(C#N)cc3)C[C@H]2c2ccc(Cl)cc2)c(Cl)c1. The number of aliphatic hydroxyl groups is 2. The number of nitrogens with zero attached hydrogens (tertiary/aromatic N) is 3. The fourth-order valence-corrected chi connectivity index (χ4v) is 5.22. The van der Waals surface area contributed by atoms with Crippen LogP contribution in [0, 0.1) is 11.3 Å². The molecule has 7 heteroatoms. The van der Waals surface area contributed by atoms with Crippen LogP contribution in [0.1, 0.15) is 54.7 Å². The number of rotatable bonds is 8. The van der Waals surface area contributed by atoms with Gasteiger partial charge in [-0.05, 0) is 79.8 Å². The Labute approximate surface area is 229 Å². The van der Waals surface area contributed by atoms with Gasteiger partial charge in [-0.2, -0.15) is 5.26 Å². The molecule has 4 rings (SSSR count). The van der Waals surface area contributed by atoms with Gasteiger partial charge in [0.05, 0.1) is 40.1 Å². The predicted octanol–water partition coefficient (Wildman–Crippen LogP) is 6.17. The van der Waals surface area contributed by atoms with Gasteiger partial charge >= 0.3 is 0 Å². The minimum atomic E-state index is -0.719. The summed E-state index contributed by atoms with van der Waals surface area (Å²) in [5, 5.41) is 31.4. The van der Waals surface area contributed by atoms with Crippen LogP contribution < -0.4 is 4.90 Å². The van der Waals surface area contributed by atoms with Crippen molar-refractivity contribution in [3.05, 3.63) is 99.0 Å². The smallest absolute Gasteiger partial charge is 0.0991 e. The van der Waals surface area contributed by atoms with Gasteiger partial charge < -0.3 is 15.1 Å². The standard InChI is InChI=1S/C30H33Cl2N3O2/c1-30(2,37)14-13-21-5-12-27(26(32)17-21)35-16-15-34(19-28(35)23-8-10-25(31)11-9-23)20-29(36)24-6-3-22(18-33)4-7-24/h3-12,17,28-29,36-37H,13-16,19-20H2,1-2H3/t28-,29+/m0/s1. The molecule has 3 aromatic carbocycles. The minimum Gasteiger partial charge on any atom is -0.390 e. The van der Waals surface area contributed by atoms with Crippen LogP contribution in [-0.2, 0) is 6.42 Å². The number of nitriles is 1. The molecule has 2 N–H and O–H groups in total. The summed E-state index contributed by atoms with van der Waals surface area (Å²) in [4.78, 5) is 4.60. The third-order valence-electron chi connectivity index (χ3n) is 6.92. The van der Waals surface area contributed by atoms with Crippen molar-refractivity contribution < 1.29 is 10.2 Å². The van der Waals surface area contributed by atoms with Crippen molar-refractivity contribution >= 4 is 28.9 Å². The van der Waals surface area contributed by atoms with Crippen molar-refractivity contribution in [1.29, 1.82) is 5.26 Å². The predicted molar refractivity (Wildman–Crippen MR) is 150 cm³/mol. The average Bonchev–Trinajstić information content (AvgIpc) is 2.88. The van der Waals surface area contributed by atoms with E-state index in [9.17, 15) is 10.2 Å². The zero-order valence-corrected chi connectivity index (χ0v) is 22.8. The fourth-order valence-electron chi connectivity index (χ4n) is 4.78. The van der Waals surface area contributed by atoms with Crippen LogP contribution in [0.3, 0.4) is 0 Å². The molecule has 1 aliphatic rings. The summed E-state index contributed by atoms with van der Waals surface area (Å²) in [6.07, 6.45) is 0.769. The molecule has 1 aliphatic heterocycles. The monoisotopic (exact) mass is 537 g/mol. The maximum Gasteiger partial charge on any atom is 0.0991 e. The molecule has 1 heterocycles. The second kappa shape index (κ2) is 11.9. The minimum absolute atomic E-state index is 0.0268. The van der Waals surface area contributed by atoms with Crippen molar-refractivity contribution in [2.45, 2.75) is 44.4 Å². The van der Waals surface area contributed by atoms with E-state index in [1.807, 2.05) is 56.3 Å². The van der Waals surface area contributed by atoms with Gasteiger partial charge in [0.1, 0.15) is 0 Å². The van der Waals surface area contributed by atoms with E-state index in [0.717, 1.165) is 41.9 Å². The largest absolute Gasteiger partial charge is 0.390 e. The maximum absolute atomic E-state index is 10.9. The normalized spacial score (nSPS) is 17.4. The Hall–Kier alpha value is -2.59. The Morgan fingerprint density at radius 3 is 2.35 bits per heavy atom.